The number of halogens is 3. The van der Waals surface area contributed by atoms with Crippen LogP contribution in [0.4, 0.5) is 11.4 Å². The molecule has 160 valence electrons. The molecular formula is C18H21I3N2O6. The van der Waals surface area contributed by atoms with Gasteiger partial charge in [0.2, 0.25) is 11.8 Å². The van der Waals surface area contributed by atoms with E-state index in [0.29, 0.717) is 34.9 Å². The van der Waals surface area contributed by atoms with Crippen LogP contribution in [0.5, 0.6) is 0 Å². The van der Waals surface area contributed by atoms with Crippen LogP contribution in [0.15, 0.2) is 0 Å². The average molecular weight is 742 g/mol. The van der Waals surface area contributed by atoms with E-state index in [9.17, 15) is 19.2 Å². The highest BCUT2D eigenvalue weighted by molar-refractivity contribution is 14.1. The number of unbranched alkanes of at least 4 members (excludes halogenated alkanes) is 3. The summed E-state index contributed by atoms with van der Waals surface area (Å²) >= 11 is 5.98. The molecule has 29 heavy (non-hydrogen) atoms. The van der Waals surface area contributed by atoms with E-state index in [1.54, 1.807) is 0 Å². The number of esters is 1. The molecule has 0 unspecified atom stereocenters. The number of rotatable bonds is 10. The molecule has 0 bridgehead atoms. The van der Waals surface area contributed by atoms with E-state index in [1.807, 2.05) is 67.8 Å². The van der Waals surface area contributed by atoms with Gasteiger partial charge in [-0.1, -0.05) is 12.8 Å². The van der Waals surface area contributed by atoms with E-state index in [0.717, 1.165) is 12.8 Å². The highest BCUT2D eigenvalue weighted by Gasteiger charge is 2.26. The van der Waals surface area contributed by atoms with Crippen LogP contribution in [0, 0.1) is 10.7 Å². The first-order valence-corrected chi connectivity index (χ1v) is 11.9. The molecule has 0 spiro atoms. The minimum absolute atomic E-state index is 0.136. The van der Waals surface area contributed by atoms with Crippen molar-refractivity contribution in [3.63, 3.8) is 0 Å². The van der Waals surface area contributed by atoms with Crippen LogP contribution in [0.3, 0.4) is 0 Å². The third-order valence-electron chi connectivity index (χ3n) is 3.64. The standard InChI is InChI=1S/C18H21I3N2O6/c1-9(24)22-16-13(19)12(14(20)17(15(16)21)23-10(2)25)18(28)29-8-6-4-3-5-7-11(26)27/h3-8H2,1-2H3,(H,22,24)(H,23,25)(H,26,27). The fraction of sp³-hybridized carbons (Fsp3) is 0.444. The second-order valence-corrected chi connectivity index (χ2v) is 9.36. The van der Waals surface area contributed by atoms with Crippen molar-refractivity contribution in [1.82, 2.24) is 0 Å². The van der Waals surface area contributed by atoms with Gasteiger partial charge in [-0.25, -0.2) is 4.79 Å². The number of carboxylic acid groups (broad SMARTS) is 1. The lowest BCUT2D eigenvalue weighted by atomic mass is 10.1. The number of nitrogens with one attached hydrogen (secondary N) is 2. The SMILES string of the molecule is CC(=O)Nc1c(I)c(NC(C)=O)c(I)c(C(=O)OCCCCCCC(=O)O)c1I. The molecule has 8 nitrogen and oxygen atoms in total. The normalized spacial score (nSPS) is 10.4. The lowest BCUT2D eigenvalue weighted by Crippen LogP contribution is -2.19. The Labute approximate surface area is 209 Å². The second kappa shape index (κ2) is 12.9. The van der Waals surface area contributed by atoms with E-state index in [2.05, 4.69) is 10.6 Å². The van der Waals surface area contributed by atoms with Crippen molar-refractivity contribution in [1.29, 1.82) is 0 Å². The van der Waals surface area contributed by atoms with Gasteiger partial charge < -0.3 is 20.5 Å². The van der Waals surface area contributed by atoms with Crippen molar-refractivity contribution in [2.24, 2.45) is 0 Å². The highest BCUT2D eigenvalue weighted by atomic mass is 127. The van der Waals surface area contributed by atoms with Crippen molar-refractivity contribution < 1.29 is 29.0 Å². The summed E-state index contributed by atoms with van der Waals surface area (Å²) in [5.74, 6) is -1.95. The molecular weight excluding hydrogens is 721 g/mol. The Morgan fingerprint density at radius 1 is 0.828 bits per heavy atom. The van der Waals surface area contributed by atoms with Gasteiger partial charge in [0.25, 0.3) is 0 Å². The van der Waals surface area contributed by atoms with Gasteiger partial charge in [-0.3, -0.25) is 14.4 Å². The van der Waals surface area contributed by atoms with E-state index >= 15 is 0 Å². The van der Waals surface area contributed by atoms with Gasteiger partial charge in [0.15, 0.2) is 0 Å². The van der Waals surface area contributed by atoms with Crippen LogP contribution in [0.25, 0.3) is 0 Å². The molecule has 0 aliphatic heterocycles. The Balaban J connectivity index is 2.97. The average Bonchev–Trinajstić information content (AvgIpc) is 2.61. The van der Waals surface area contributed by atoms with Crippen LogP contribution < -0.4 is 10.6 Å². The first-order valence-electron chi connectivity index (χ1n) is 8.70. The number of carbonyl (C=O) groups is 4. The van der Waals surface area contributed by atoms with Crippen LogP contribution in [0.2, 0.25) is 0 Å². The van der Waals surface area contributed by atoms with Crippen molar-refractivity contribution in [3.8, 4) is 0 Å². The highest BCUT2D eigenvalue weighted by Crippen LogP contribution is 2.39. The molecule has 0 radical (unpaired) electrons. The van der Waals surface area contributed by atoms with Crippen molar-refractivity contribution in [2.45, 2.75) is 46.0 Å². The number of carbonyl (C=O) groups excluding carboxylic acids is 3. The first kappa shape index (κ1) is 26.3. The molecule has 1 rings (SSSR count). The number of hydrogen-bond acceptors (Lipinski definition) is 5. The quantitative estimate of drug-likeness (QED) is 0.183. The third-order valence-corrected chi connectivity index (χ3v) is 6.88. The van der Waals surface area contributed by atoms with Gasteiger partial charge in [-0.15, -0.1) is 0 Å². The van der Waals surface area contributed by atoms with Crippen LogP contribution in [-0.2, 0) is 19.1 Å². The smallest absolute Gasteiger partial charge is 0.340 e. The number of ether oxygens (including phenoxy) is 1. The Morgan fingerprint density at radius 2 is 1.31 bits per heavy atom. The monoisotopic (exact) mass is 742 g/mol. The summed E-state index contributed by atoms with van der Waals surface area (Å²) in [5.41, 5.74) is 1.18. The minimum atomic E-state index is -0.816. The molecule has 0 saturated carbocycles. The topological polar surface area (TPSA) is 122 Å². The summed E-state index contributed by atoms with van der Waals surface area (Å²) in [4.78, 5) is 46.4. The van der Waals surface area contributed by atoms with E-state index in [1.165, 1.54) is 13.8 Å². The zero-order chi connectivity index (χ0) is 22.1. The maximum Gasteiger partial charge on any atom is 0.340 e. The summed E-state index contributed by atoms with van der Waals surface area (Å²) in [7, 11) is 0. The maximum atomic E-state index is 12.7. The number of aliphatic carboxylic acids is 1. The zero-order valence-corrected chi connectivity index (χ0v) is 22.3. The summed E-state index contributed by atoms with van der Waals surface area (Å²) < 4.78 is 7.08. The van der Waals surface area contributed by atoms with E-state index in [-0.39, 0.29) is 30.4 Å². The predicted molar refractivity (Wildman–Crippen MR) is 134 cm³/mol. The van der Waals surface area contributed by atoms with Gasteiger partial charge in [-0.2, -0.15) is 0 Å². The molecule has 1 aromatic carbocycles. The molecule has 1 aromatic rings. The summed E-state index contributed by atoms with van der Waals surface area (Å²) in [6.07, 6.45) is 2.87. The fourth-order valence-corrected chi connectivity index (χ4v) is 6.53. The molecule has 11 heteroatoms. The van der Waals surface area contributed by atoms with Crippen LogP contribution in [-0.4, -0.2) is 35.5 Å². The van der Waals surface area contributed by atoms with E-state index < -0.39 is 11.9 Å². The van der Waals surface area contributed by atoms with Crippen LogP contribution in [0.1, 0.15) is 56.3 Å². The number of anilines is 2. The van der Waals surface area contributed by atoms with Gasteiger partial charge in [0.1, 0.15) is 0 Å². The number of carboxylic acids is 1. The zero-order valence-electron chi connectivity index (χ0n) is 15.9. The molecule has 0 aliphatic carbocycles. The molecule has 0 aliphatic rings. The minimum Gasteiger partial charge on any atom is -0.481 e. The molecule has 0 heterocycles. The Kier molecular flexibility index (Phi) is 11.7. The molecule has 0 aromatic heterocycles. The largest absolute Gasteiger partial charge is 0.481 e. The summed E-state index contributed by atoms with van der Waals surface area (Å²) in [6.45, 7) is 2.93. The summed E-state index contributed by atoms with van der Waals surface area (Å²) in [6, 6.07) is 0. The lowest BCUT2D eigenvalue weighted by molar-refractivity contribution is -0.137. The van der Waals surface area contributed by atoms with Crippen molar-refractivity contribution >= 4 is 103 Å². The van der Waals surface area contributed by atoms with Gasteiger partial charge in [0, 0.05) is 20.3 Å². The van der Waals surface area contributed by atoms with Crippen molar-refractivity contribution in [2.75, 3.05) is 17.2 Å². The molecule has 3 N–H and O–H groups in total. The number of amides is 2. The van der Waals surface area contributed by atoms with E-state index in [4.69, 9.17) is 9.84 Å². The molecule has 2 amide bonds. The van der Waals surface area contributed by atoms with Gasteiger partial charge in [-0.05, 0) is 80.6 Å². The lowest BCUT2D eigenvalue weighted by Gasteiger charge is -2.19. The number of benzene rings is 1. The Hall–Kier alpha value is -0.710. The molecule has 0 saturated heterocycles. The van der Waals surface area contributed by atoms with Gasteiger partial charge in [0.05, 0.1) is 34.3 Å². The predicted octanol–water partition coefficient (Wildman–Crippen LogP) is 4.61. The maximum absolute atomic E-state index is 12.7. The molecule has 0 fully saturated rings. The van der Waals surface area contributed by atoms with Gasteiger partial charge >= 0.3 is 11.9 Å². The summed E-state index contributed by atoms with van der Waals surface area (Å²) in [5, 5.41) is 14.0. The first-order chi connectivity index (χ1) is 13.6. The van der Waals surface area contributed by atoms with Crippen LogP contribution >= 0.6 is 67.8 Å². The number of hydrogen-bond donors (Lipinski definition) is 3. The Morgan fingerprint density at radius 3 is 1.76 bits per heavy atom. The third kappa shape index (κ3) is 8.51. The molecule has 0 atom stereocenters. The fourth-order valence-electron chi connectivity index (χ4n) is 2.38. The Bertz CT molecular complexity index is 770. The van der Waals surface area contributed by atoms with Crippen molar-refractivity contribution in [3.05, 3.63) is 16.3 Å². The second-order valence-electron chi connectivity index (χ2n) is 6.12.